The summed E-state index contributed by atoms with van der Waals surface area (Å²) in [5, 5.41) is 4.96. The van der Waals surface area contributed by atoms with Gasteiger partial charge in [0, 0.05) is 0 Å². The molecule has 10 nitrogen and oxygen atoms in total. The molecule has 0 aromatic heterocycles. The van der Waals surface area contributed by atoms with Crippen LogP contribution in [-0.2, 0) is 19.1 Å². The van der Waals surface area contributed by atoms with Gasteiger partial charge >= 0.3 is 5.97 Å². The van der Waals surface area contributed by atoms with Gasteiger partial charge in [0.15, 0.2) is 6.61 Å². The zero-order valence-corrected chi connectivity index (χ0v) is 18.3. The highest BCUT2D eigenvalue weighted by molar-refractivity contribution is 6.22. The van der Waals surface area contributed by atoms with Crippen LogP contribution in [0.25, 0.3) is 0 Å². The Labute approximate surface area is 189 Å². The van der Waals surface area contributed by atoms with Crippen LogP contribution in [0.1, 0.15) is 33.2 Å². The van der Waals surface area contributed by atoms with Crippen LogP contribution < -0.4 is 15.4 Å². The molecule has 1 unspecified atom stereocenters. The summed E-state index contributed by atoms with van der Waals surface area (Å²) >= 11 is 0. The summed E-state index contributed by atoms with van der Waals surface area (Å²) < 4.78 is 10.1. The highest BCUT2D eigenvalue weighted by Crippen LogP contribution is 2.25. The summed E-state index contributed by atoms with van der Waals surface area (Å²) in [7, 11) is 1.47. The molecule has 4 amide bonds. The smallest absolute Gasteiger partial charge is 0.329 e. The molecule has 33 heavy (non-hydrogen) atoms. The van der Waals surface area contributed by atoms with Crippen molar-refractivity contribution < 1.29 is 33.4 Å². The second-order valence-electron chi connectivity index (χ2n) is 7.34. The summed E-state index contributed by atoms with van der Waals surface area (Å²) in [6.45, 7) is 2.16. The van der Waals surface area contributed by atoms with E-state index in [4.69, 9.17) is 9.47 Å². The van der Waals surface area contributed by atoms with E-state index in [9.17, 15) is 24.0 Å². The quantitative estimate of drug-likeness (QED) is 0.455. The fraction of sp³-hybridized carbons (Fsp3) is 0.261. The Kier molecular flexibility index (Phi) is 7.07. The molecule has 0 bridgehead atoms. The Hall–Kier alpha value is -4.21. The lowest BCUT2D eigenvalue weighted by Crippen LogP contribution is -2.44. The first-order valence-electron chi connectivity index (χ1n) is 10.1. The van der Waals surface area contributed by atoms with Gasteiger partial charge in [0.25, 0.3) is 17.7 Å². The molecule has 1 heterocycles. The van der Waals surface area contributed by atoms with Crippen molar-refractivity contribution >= 4 is 35.3 Å². The number of carbonyl (C=O) groups is 5. The molecule has 0 fully saturated rings. The van der Waals surface area contributed by atoms with E-state index in [1.54, 1.807) is 24.3 Å². The number of aryl methyl sites for hydroxylation is 1. The van der Waals surface area contributed by atoms with Crippen molar-refractivity contribution in [3.05, 3.63) is 59.2 Å². The molecular formula is C23H23N3O7. The number of hydrogen-bond donors (Lipinski definition) is 2. The molecule has 2 N–H and O–H groups in total. The van der Waals surface area contributed by atoms with Gasteiger partial charge in [0.2, 0.25) is 5.91 Å². The summed E-state index contributed by atoms with van der Waals surface area (Å²) in [5.74, 6) is -2.88. The van der Waals surface area contributed by atoms with Crippen LogP contribution in [-0.4, -0.2) is 60.8 Å². The third-order valence-electron chi connectivity index (χ3n) is 4.97. The lowest BCUT2D eigenvalue weighted by molar-refractivity contribution is -0.151. The zero-order valence-electron chi connectivity index (χ0n) is 18.3. The number of methoxy groups -OCH3 is 1. The Morgan fingerprint density at radius 2 is 1.64 bits per heavy atom. The van der Waals surface area contributed by atoms with E-state index in [1.807, 2.05) is 13.0 Å². The lowest BCUT2D eigenvalue weighted by atomic mass is 10.1. The van der Waals surface area contributed by atoms with E-state index in [0.29, 0.717) is 11.4 Å². The second kappa shape index (κ2) is 9.94. The molecule has 172 valence electrons. The number of fused-ring (bicyclic) bond motifs is 1. The van der Waals surface area contributed by atoms with Crippen molar-refractivity contribution in [1.29, 1.82) is 0 Å². The normalized spacial score (nSPS) is 13.2. The number of ether oxygens (including phenoxy) is 2. The fourth-order valence-electron chi connectivity index (χ4n) is 3.27. The zero-order chi connectivity index (χ0) is 24.1. The van der Waals surface area contributed by atoms with Crippen molar-refractivity contribution in [2.24, 2.45) is 0 Å². The maximum atomic E-state index is 12.5. The molecule has 1 atom stereocenters. The minimum absolute atomic E-state index is 0.205. The second-order valence-corrected chi connectivity index (χ2v) is 7.34. The molecule has 0 aliphatic carbocycles. The van der Waals surface area contributed by atoms with Gasteiger partial charge in [-0.25, -0.2) is 4.79 Å². The van der Waals surface area contributed by atoms with E-state index in [0.717, 1.165) is 10.5 Å². The first-order valence-corrected chi connectivity index (χ1v) is 10.1. The number of carbonyl (C=O) groups excluding carboxylic acids is 5. The van der Waals surface area contributed by atoms with E-state index in [-0.39, 0.29) is 17.7 Å². The molecule has 0 spiro atoms. The summed E-state index contributed by atoms with van der Waals surface area (Å²) in [4.78, 5) is 62.1. The highest BCUT2D eigenvalue weighted by Gasteiger charge is 2.41. The first kappa shape index (κ1) is 23.5. The van der Waals surface area contributed by atoms with Crippen molar-refractivity contribution in [1.82, 2.24) is 10.2 Å². The number of esters is 1. The predicted octanol–water partition coefficient (Wildman–Crippen LogP) is 1.29. The molecule has 0 saturated heterocycles. The van der Waals surface area contributed by atoms with Crippen molar-refractivity contribution in [2.75, 3.05) is 25.6 Å². The largest absolute Gasteiger partial charge is 0.495 e. The predicted molar refractivity (Wildman–Crippen MR) is 117 cm³/mol. The SMILES string of the molecule is COc1ccc(C)cc1NC(=O)CNC(=O)COC(=O)C(C)N1C(=O)c2ccccc2C1=O. The number of imide groups is 1. The van der Waals surface area contributed by atoms with Crippen LogP contribution in [0.2, 0.25) is 0 Å². The Balaban J connectivity index is 1.47. The minimum atomic E-state index is -1.22. The third-order valence-corrected chi connectivity index (χ3v) is 4.97. The Morgan fingerprint density at radius 1 is 1.00 bits per heavy atom. The molecule has 0 radical (unpaired) electrons. The van der Waals surface area contributed by atoms with Crippen LogP contribution in [0, 0.1) is 6.92 Å². The number of hydrogen-bond acceptors (Lipinski definition) is 7. The summed E-state index contributed by atoms with van der Waals surface area (Å²) in [6, 6.07) is 10.3. The van der Waals surface area contributed by atoms with Gasteiger partial charge in [-0.05, 0) is 43.7 Å². The molecule has 2 aromatic carbocycles. The number of rotatable bonds is 8. The lowest BCUT2D eigenvalue weighted by Gasteiger charge is -2.20. The molecular weight excluding hydrogens is 430 g/mol. The minimum Gasteiger partial charge on any atom is -0.495 e. The van der Waals surface area contributed by atoms with E-state index in [2.05, 4.69) is 10.6 Å². The average molecular weight is 453 g/mol. The number of benzene rings is 2. The van der Waals surface area contributed by atoms with Crippen molar-refractivity contribution in [2.45, 2.75) is 19.9 Å². The maximum absolute atomic E-state index is 12.5. The van der Waals surface area contributed by atoms with Crippen LogP contribution in [0.3, 0.4) is 0 Å². The van der Waals surface area contributed by atoms with Crippen LogP contribution >= 0.6 is 0 Å². The number of anilines is 1. The van der Waals surface area contributed by atoms with Gasteiger partial charge in [-0.15, -0.1) is 0 Å². The molecule has 0 saturated carbocycles. The van der Waals surface area contributed by atoms with Gasteiger partial charge in [0.05, 0.1) is 30.5 Å². The van der Waals surface area contributed by atoms with Gasteiger partial charge in [-0.3, -0.25) is 24.1 Å². The van der Waals surface area contributed by atoms with Crippen LogP contribution in [0.5, 0.6) is 5.75 Å². The maximum Gasteiger partial charge on any atom is 0.329 e. The first-order chi connectivity index (χ1) is 15.7. The molecule has 2 aromatic rings. The number of nitrogens with one attached hydrogen (secondary N) is 2. The third kappa shape index (κ3) is 5.17. The number of nitrogens with zero attached hydrogens (tertiary/aromatic N) is 1. The fourth-order valence-corrected chi connectivity index (χ4v) is 3.27. The Morgan fingerprint density at radius 3 is 2.24 bits per heavy atom. The average Bonchev–Trinajstić information content (AvgIpc) is 3.06. The van der Waals surface area contributed by atoms with Crippen LogP contribution in [0.4, 0.5) is 5.69 Å². The van der Waals surface area contributed by atoms with Gasteiger partial charge in [-0.1, -0.05) is 18.2 Å². The molecule has 1 aliphatic rings. The van der Waals surface area contributed by atoms with Crippen molar-refractivity contribution in [3.63, 3.8) is 0 Å². The standard InChI is InChI=1S/C23H23N3O7/c1-13-8-9-18(32-3)17(10-13)25-19(27)11-24-20(28)12-33-23(31)14(2)26-21(29)15-6-4-5-7-16(15)22(26)30/h4-10,14H,11-12H2,1-3H3,(H,24,28)(H,25,27). The van der Waals surface area contributed by atoms with Crippen LogP contribution in [0.15, 0.2) is 42.5 Å². The topological polar surface area (TPSA) is 131 Å². The van der Waals surface area contributed by atoms with E-state index in [1.165, 1.54) is 26.2 Å². The van der Waals surface area contributed by atoms with Crippen molar-refractivity contribution in [3.8, 4) is 5.75 Å². The van der Waals surface area contributed by atoms with E-state index >= 15 is 0 Å². The molecule has 1 aliphatic heterocycles. The monoisotopic (exact) mass is 453 g/mol. The highest BCUT2D eigenvalue weighted by atomic mass is 16.5. The summed E-state index contributed by atoms with van der Waals surface area (Å²) in [5.41, 5.74) is 1.78. The molecule has 10 heteroatoms. The van der Waals surface area contributed by atoms with Gasteiger partial charge in [-0.2, -0.15) is 0 Å². The van der Waals surface area contributed by atoms with Gasteiger partial charge < -0.3 is 20.1 Å². The number of amides is 4. The molecule has 3 rings (SSSR count). The van der Waals surface area contributed by atoms with Gasteiger partial charge in [0.1, 0.15) is 11.8 Å². The Bertz CT molecular complexity index is 1090. The van der Waals surface area contributed by atoms with E-state index < -0.39 is 42.2 Å². The summed E-state index contributed by atoms with van der Waals surface area (Å²) in [6.07, 6.45) is 0.